The lowest BCUT2D eigenvalue weighted by Crippen LogP contribution is -2.30. The normalized spacial score (nSPS) is 14.3. The van der Waals surface area contributed by atoms with E-state index in [-0.39, 0.29) is 0 Å². The van der Waals surface area contributed by atoms with Crippen LogP contribution < -0.4 is 5.32 Å². The molecule has 1 heterocycles. The van der Waals surface area contributed by atoms with Gasteiger partial charge in [-0.15, -0.1) is 0 Å². The van der Waals surface area contributed by atoms with Gasteiger partial charge in [0.25, 0.3) is 0 Å². The average Bonchev–Trinajstić information content (AvgIpc) is 2.88. The second kappa shape index (κ2) is 10.8. The number of aliphatic hydroxyl groups excluding tert-OH is 1. The molecule has 1 aromatic rings. The number of nitrogens with one attached hydrogen (secondary N) is 1. The first-order valence-corrected chi connectivity index (χ1v) is 8.17. The van der Waals surface area contributed by atoms with Crippen LogP contribution in [0.25, 0.3) is 0 Å². The van der Waals surface area contributed by atoms with Crippen LogP contribution in [0.1, 0.15) is 51.1 Å². The molecule has 2 unspecified atom stereocenters. The first kappa shape index (κ1) is 18.2. The third-order valence-corrected chi connectivity index (χ3v) is 3.68. The molecule has 4 heteroatoms. The van der Waals surface area contributed by atoms with Crippen LogP contribution in [0.15, 0.2) is 16.5 Å². The summed E-state index contributed by atoms with van der Waals surface area (Å²) < 4.78 is 11.1. The molecule has 0 saturated carbocycles. The monoisotopic (exact) mass is 297 g/mol. The molecule has 0 amide bonds. The van der Waals surface area contributed by atoms with Gasteiger partial charge in [-0.2, -0.15) is 0 Å². The van der Waals surface area contributed by atoms with Gasteiger partial charge in [0.15, 0.2) is 0 Å². The Kier molecular flexibility index (Phi) is 9.39. The minimum Gasteiger partial charge on any atom is -0.465 e. The van der Waals surface area contributed by atoms with Gasteiger partial charge in [0.05, 0.1) is 19.3 Å². The molecule has 0 saturated heterocycles. The molecule has 0 bridgehead atoms. The molecule has 0 aliphatic heterocycles. The molecular formula is C17H31NO3. The third kappa shape index (κ3) is 8.24. The minimum atomic E-state index is -0.468. The van der Waals surface area contributed by atoms with Gasteiger partial charge in [0.1, 0.15) is 11.5 Å². The number of rotatable bonds is 12. The zero-order valence-corrected chi connectivity index (χ0v) is 13.7. The van der Waals surface area contributed by atoms with Crippen molar-refractivity contribution in [3.8, 4) is 0 Å². The molecule has 2 atom stereocenters. The number of furan rings is 1. The minimum absolute atomic E-state index is 0.396. The molecule has 0 aromatic carbocycles. The smallest absolute Gasteiger partial charge is 0.117 e. The van der Waals surface area contributed by atoms with Gasteiger partial charge in [-0.05, 0) is 31.4 Å². The predicted molar refractivity (Wildman–Crippen MR) is 85.3 cm³/mol. The number of hydrogen-bond acceptors (Lipinski definition) is 4. The molecule has 0 radical (unpaired) electrons. The van der Waals surface area contributed by atoms with Gasteiger partial charge < -0.3 is 19.6 Å². The van der Waals surface area contributed by atoms with Crippen LogP contribution in [0.4, 0.5) is 0 Å². The molecular weight excluding hydrogens is 266 g/mol. The Balaban J connectivity index is 2.06. The van der Waals surface area contributed by atoms with Crippen molar-refractivity contribution in [1.29, 1.82) is 0 Å². The summed E-state index contributed by atoms with van der Waals surface area (Å²) in [4.78, 5) is 0. The summed E-state index contributed by atoms with van der Waals surface area (Å²) in [5, 5.41) is 13.1. The van der Waals surface area contributed by atoms with E-state index in [2.05, 4.69) is 19.2 Å². The molecule has 122 valence electrons. The van der Waals surface area contributed by atoms with E-state index >= 15 is 0 Å². The van der Waals surface area contributed by atoms with E-state index in [0.717, 1.165) is 24.5 Å². The summed E-state index contributed by atoms with van der Waals surface area (Å²) in [6.07, 6.45) is 4.39. The van der Waals surface area contributed by atoms with Crippen molar-refractivity contribution in [2.45, 2.75) is 59.1 Å². The van der Waals surface area contributed by atoms with E-state index in [0.29, 0.717) is 25.6 Å². The maximum Gasteiger partial charge on any atom is 0.117 e. The van der Waals surface area contributed by atoms with E-state index in [1.54, 1.807) is 0 Å². The Bertz CT molecular complexity index is 365. The van der Waals surface area contributed by atoms with Crippen molar-refractivity contribution < 1.29 is 14.3 Å². The molecule has 0 aliphatic rings. The highest BCUT2D eigenvalue weighted by Gasteiger charge is 2.09. The molecule has 1 aromatic heterocycles. The topological polar surface area (TPSA) is 54.6 Å². The summed E-state index contributed by atoms with van der Waals surface area (Å²) in [6, 6.07) is 3.89. The SMILES string of the molecule is CCCCC(CC)COCC(O)CNCc1ccc(C)o1. The van der Waals surface area contributed by atoms with E-state index < -0.39 is 6.10 Å². The number of aryl methyl sites for hydroxylation is 1. The van der Waals surface area contributed by atoms with E-state index in [4.69, 9.17) is 9.15 Å². The largest absolute Gasteiger partial charge is 0.465 e. The highest BCUT2D eigenvalue weighted by molar-refractivity contribution is 5.05. The van der Waals surface area contributed by atoms with Gasteiger partial charge >= 0.3 is 0 Å². The van der Waals surface area contributed by atoms with Crippen LogP contribution >= 0.6 is 0 Å². The van der Waals surface area contributed by atoms with Gasteiger partial charge in [-0.25, -0.2) is 0 Å². The van der Waals surface area contributed by atoms with Crippen LogP contribution in [0.2, 0.25) is 0 Å². The van der Waals surface area contributed by atoms with E-state index in [1.165, 1.54) is 19.3 Å². The quantitative estimate of drug-likeness (QED) is 0.622. The number of unbranched alkanes of at least 4 members (excludes halogenated alkanes) is 1. The highest BCUT2D eigenvalue weighted by Crippen LogP contribution is 2.12. The number of ether oxygens (including phenoxy) is 1. The number of aliphatic hydroxyl groups is 1. The van der Waals surface area contributed by atoms with Crippen molar-refractivity contribution in [2.24, 2.45) is 5.92 Å². The first-order valence-electron chi connectivity index (χ1n) is 8.17. The Morgan fingerprint density at radius 2 is 2.10 bits per heavy atom. The standard InChI is InChI=1S/C17H31NO3/c1-4-6-7-15(5-2)12-20-13-16(19)10-18-11-17-9-8-14(3)21-17/h8-9,15-16,18-19H,4-7,10-13H2,1-3H3. The fraction of sp³-hybridized carbons (Fsp3) is 0.765. The van der Waals surface area contributed by atoms with Crippen molar-refractivity contribution >= 4 is 0 Å². The molecule has 0 spiro atoms. The molecule has 2 N–H and O–H groups in total. The predicted octanol–water partition coefficient (Wildman–Crippen LogP) is 3.27. The fourth-order valence-corrected chi connectivity index (χ4v) is 2.27. The summed E-state index contributed by atoms with van der Waals surface area (Å²) in [7, 11) is 0. The Morgan fingerprint density at radius 3 is 2.71 bits per heavy atom. The Hall–Kier alpha value is -0.840. The maximum absolute atomic E-state index is 9.88. The lowest BCUT2D eigenvalue weighted by molar-refractivity contribution is 0.0191. The van der Waals surface area contributed by atoms with Gasteiger partial charge in [-0.1, -0.05) is 33.1 Å². The molecule has 0 aliphatic carbocycles. The van der Waals surface area contributed by atoms with Crippen LogP contribution in [-0.2, 0) is 11.3 Å². The zero-order chi connectivity index (χ0) is 15.5. The molecule has 4 nitrogen and oxygen atoms in total. The molecule has 21 heavy (non-hydrogen) atoms. The second-order valence-electron chi connectivity index (χ2n) is 5.75. The Morgan fingerprint density at radius 1 is 1.29 bits per heavy atom. The van der Waals surface area contributed by atoms with Crippen LogP contribution in [0, 0.1) is 12.8 Å². The van der Waals surface area contributed by atoms with Crippen molar-refractivity contribution in [3.05, 3.63) is 23.7 Å². The van der Waals surface area contributed by atoms with Crippen LogP contribution in [-0.4, -0.2) is 31.0 Å². The Labute approximate surface area is 128 Å². The lowest BCUT2D eigenvalue weighted by atomic mass is 10.0. The van der Waals surface area contributed by atoms with Gasteiger partial charge in [-0.3, -0.25) is 0 Å². The zero-order valence-electron chi connectivity index (χ0n) is 13.7. The van der Waals surface area contributed by atoms with Crippen molar-refractivity contribution in [1.82, 2.24) is 5.32 Å². The van der Waals surface area contributed by atoms with E-state index in [9.17, 15) is 5.11 Å². The first-order chi connectivity index (χ1) is 10.2. The number of hydrogen-bond donors (Lipinski definition) is 2. The van der Waals surface area contributed by atoms with Crippen molar-refractivity contribution in [2.75, 3.05) is 19.8 Å². The maximum atomic E-state index is 9.88. The molecule has 0 fully saturated rings. The highest BCUT2D eigenvalue weighted by atomic mass is 16.5. The van der Waals surface area contributed by atoms with Crippen molar-refractivity contribution in [3.63, 3.8) is 0 Å². The van der Waals surface area contributed by atoms with Gasteiger partial charge in [0, 0.05) is 13.2 Å². The van der Waals surface area contributed by atoms with Gasteiger partial charge in [0.2, 0.25) is 0 Å². The molecule has 1 rings (SSSR count). The summed E-state index contributed by atoms with van der Waals surface area (Å²) in [5.41, 5.74) is 0. The third-order valence-electron chi connectivity index (χ3n) is 3.68. The summed E-state index contributed by atoms with van der Waals surface area (Å²) in [6.45, 7) is 8.65. The lowest BCUT2D eigenvalue weighted by Gasteiger charge is -2.17. The van der Waals surface area contributed by atoms with E-state index in [1.807, 2.05) is 19.1 Å². The van der Waals surface area contributed by atoms with Crippen LogP contribution in [0.5, 0.6) is 0 Å². The average molecular weight is 297 g/mol. The van der Waals surface area contributed by atoms with Crippen LogP contribution in [0.3, 0.4) is 0 Å². The summed E-state index contributed by atoms with van der Waals surface area (Å²) in [5.74, 6) is 2.43. The summed E-state index contributed by atoms with van der Waals surface area (Å²) >= 11 is 0. The second-order valence-corrected chi connectivity index (χ2v) is 5.75. The fourth-order valence-electron chi connectivity index (χ4n) is 2.27.